The Morgan fingerprint density at radius 2 is 1.83 bits per heavy atom. The number of carboxylic acid groups (broad SMARTS) is 1. The molecule has 0 bridgehead atoms. The van der Waals surface area contributed by atoms with E-state index in [1.54, 1.807) is 30.3 Å². The van der Waals surface area contributed by atoms with Crippen LogP contribution in [0.15, 0.2) is 42.5 Å². The van der Waals surface area contributed by atoms with E-state index in [9.17, 15) is 4.79 Å². The maximum absolute atomic E-state index is 10.7. The fourth-order valence-corrected chi connectivity index (χ4v) is 1.84. The van der Waals surface area contributed by atoms with Crippen LogP contribution in [0, 0.1) is 11.3 Å². The second-order valence-corrected chi connectivity index (χ2v) is 4.10. The number of halogens is 1. The molecule has 0 radical (unpaired) electrons. The lowest BCUT2D eigenvalue weighted by Crippen LogP contribution is -1.95. The zero-order valence-corrected chi connectivity index (χ0v) is 9.98. The number of rotatable bonds is 2. The molecule has 0 amide bonds. The van der Waals surface area contributed by atoms with Gasteiger partial charge >= 0.3 is 5.97 Å². The van der Waals surface area contributed by atoms with Gasteiger partial charge in [0.15, 0.2) is 0 Å². The van der Waals surface area contributed by atoms with Crippen LogP contribution in [0.5, 0.6) is 0 Å². The van der Waals surface area contributed by atoms with Crippen molar-refractivity contribution in [3.8, 4) is 17.2 Å². The average molecular weight is 258 g/mol. The Balaban J connectivity index is 2.49. The number of aromatic carboxylic acids is 1. The van der Waals surface area contributed by atoms with Crippen LogP contribution in [0.2, 0.25) is 5.02 Å². The highest BCUT2D eigenvalue weighted by Gasteiger charge is 2.07. The molecule has 0 atom stereocenters. The molecule has 0 saturated carbocycles. The Labute approximate surface area is 109 Å². The predicted molar refractivity (Wildman–Crippen MR) is 68.6 cm³/mol. The Morgan fingerprint density at radius 1 is 1.17 bits per heavy atom. The zero-order chi connectivity index (χ0) is 13.1. The summed E-state index contributed by atoms with van der Waals surface area (Å²) in [5, 5.41) is 18.2. The molecular formula is C14H8ClNO2. The fraction of sp³-hybridized carbons (Fsp3) is 0. The first-order valence-corrected chi connectivity index (χ1v) is 5.53. The lowest BCUT2D eigenvalue weighted by Gasteiger charge is -2.05. The maximum Gasteiger partial charge on any atom is 0.335 e. The minimum atomic E-state index is -0.974. The van der Waals surface area contributed by atoms with Crippen molar-refractivity contribution in [2.75, 3.05) is 0 Å². The molecular weight excluding hydrogens is 250 g/mol. The van der Waals surface area contributed by atoms with Crippen molar-refractivity contribution in [3.63, 3.8) is 0 Å². The highest BCUT2D eigenvalue weighted by Crippen LogP contribution is 2.28. The highest BCUT2D eigenvalue weighted by molar-refractivity contribution is 6.33. The van der Waals surface area contributed by atoms with Crippen molar-refractivity contribution < 1.29 is 9.90 Å². The van der Waals surface area contributed by atoms with Gasteiger partial charge in [-0.1, -0.05) is 23.7 Å². The van der Waals surface area contributed by atoms with Crippen LogP contribution in [0.3, 0.4) is 0 Å². The maximum atomic E-state index is 10.7. The van der Waals surface area contributed by atoms with E-state index >= 15 is 0 Å². The quantitative estimate of drug-likeness (QED) is 0.894. The summed E-state index contributed by atoms with van der Waals surface area (Å²) < 4.78 is 0. The number of nitriles is 1. The van der Waals surface area contributed by atoms with Crippen molar-refractivity contribution in [1.82, 2.24) is 0 Å². The van der Waals surface area contributed by atoms with Crippen molar-refractivity contribution >= 4 is 17.6 Å². The standard InChI is InChI=1S/C14H8ClNO2/c15-13-6-1-9(8-16)7-12(13)10-2-4-11(5-3-10)14(17)18/h1-7H,(H,17,18). The molecule has 4 heteroatoms. The van der Waals surface area contributed by atoms with Gasteiger partial charge in [0.05, 0.1) is 17.2 Å². The molecule has 0 fully saturated rings. The summed E-state index contributed by atoms with van der Waals surface area (Å²) in [6, 6.07) is 13.4. The Hall–Kier alpha value is -2.31. The van der Waals surface area contributed by atoms with Crippen molar-refractivity contribution in [1.29, 1.82) is 5.26 Å². The van der Waals surface area contributed by atoms with E-state index < -0.39 is 5.97 Å². The number of carboxylic acids is 1. The second kappa shape index (κ2) is 4.91. The molecule has 0 aliphatic rings. The first-order valence-electron chi connectivity index (χ1n) is 5.15. The van der Waals surface area contributed by atoms with Gasteiger partial charge in [-0.3, -0.25) is 0 Å². The van der Waals surface area contributed by atoms with Crippen molar-refractivity contribution in [3.05, 3.63) is 58.6 Å². The summed E-state index contributed by atoms with van der Waals surface area (Å²) in [6.45, 7) is 0. The summed E-state index contributed by atoms with van der Waals surface area (Å²) in [5.74, 6) is -0.974. The van der Waals surface area contributed by atoms with Crippen molar-refractivity contribution in [2.45, 2.75) is 0 Å². The lowest BCUT2D eigenvalue weighted by atomic mass is 10.0. The third-order valence-electron chi connectivity index (χ3n) is 2.54. The molecule has 2 aromatic rings. The summed E-state index contributed by atoms with van der Waals surface area (Å²) in [5.41, 5.74) is 2.22. The van der Waals surface area contributed by atoms with Crippen LogP contribution < -0.4 is 0 Å². The average Bonchev–Trinajstić information content (AvgIpc) is 2.39. The molecule has 0 unspecified atom stereocenters. The summed E-state index contributed by atoms with van der Waals surface area (Å²) in [4.78, 5) is 10.7. The Morgan fingerprint density at radius 3 is 2.39 bits per heavy atom. The van der Waals surface area contributed by atoms with Crippen LogP contribution in [0.25, 0.3) is 11.1 Å². The minimum Gasteiger partial charge on any atom is -0.478 e. The zero-order valence-electron chi connectivity index (χ0n) is 9.22. The fourth-order valence-electron chi connectivity index (χ4n) is 1.61. The molecule has 88 valence electrons. The van der Waals surface area contributed by atoms with Gasteiger partial charge in [0.1, 0.15) is 0 Å². The SMILES string of the molecule is N#Cc1ccc(Cl)c(-c2ccc(C(=O)O)cc2)c1. The monoisotopic (exact) mass is 257 g/mol. The Kier molecular flexibility index (Phi) is 3.31. The number of hydrogen-bond donors (Lipinski definition) is 1. The highest BCUT2D eigenvalue weighted by atomic mass is 35.5. The van der Waals surface area contributed by atoms with Gasteiger partial charge < -0.3 is 5.11 Å². The van der Waals surface area contributed by atoms with Crippen LogP contribution in [0.1, 0.15) is 15.9 Å². The number of hydrogen-bond acceptors (Lipinski definition) is 2. The molecule has 0 aliphatic heterocycles. The van der Waals surface area contributed by atoms with Gasteiger partial charge in [0.2, 0.25) is 0 Å². The van der Waals surface area contributed by atoms with E-state index in [4.69, 9.17) is 22.0 Å². The van der Waals surface area contributed by atoms with E-state index in [0.717, 1.165) is 5.56 Å². The van der Waals surface area contributed by atoms with Gasteiger partial charge in [0, 0.05) is 10.6 Å². The molecule has 18 heavy (non-hydrogen) atoms. The van der Waals surface area contributed by atoms with E-state index in [0.29, 0.717) is 16.1 Å². The van der Waals surface area contributed by atoms with Crippen LogP contribution in [0.4, 0.5) is 0 Å². The van der Waals surface area contributed by atoms with E-state index in [1.165, 1.54) is 12.1 Å². The third-order valence-corrected chi connectivity index (χ3v) is 2.87. The molecule has 0 aromatic heterocycles. The van der Waals surface area contributed by atoms with Gasteiger partial charge in [-0.15, -0.1) is 0 Å². The number of carbonyl (C=O) groups is 1. The largest absolute Gasteiger partial charge is 0.478 e. The van der Waals surface area contributed by atoms with Gasteiger partial charge in [-0.2, -0.15) is 5.26 Å². The van der Waals surface area contributed by atoms with E-state index in [2.05, 4.69) is 0 Å². The Bertz CT molecular complexity index is 642. The molecule has 0 aliphatic carbocycles. The number of benzene rings is 2. The van der Waals surface area contributed by atoms with Crippen LogP contribution in [-0.2, 0) is 0 Å². The molecule has 0 saturated heterocycles. The van der Waals surface area contributed by atoms with Crippen LogP contribution >= 0.6 is 11.6 Å². The number of nitrogens with zero attached hydrogens (tertiary/aromatic N) is 1. The summed E-state index contributed by atoms with van der Waals surface area (Å²) in [6.07, 6.45) is 0. The summed E-state index contributed by atoms with van der Waals surface area (Å²) >= 11 is 6.06. The van der Waals surface area contributed by atoms with Gasteiger partial charge in [-0.05, 0) is 35.9 Å². The molecule has 0 spiro atoms. The predicted octanol–water partition coefficient (Wildman–Crippen LogP) is 3.58. The molecule has 1 N–H and O–H groups in total. The first kappa shape index (κ1) is 12.2. The first-order chi connectivity index (χ1) is 8.61. The lowest BCUT2D eigenvalue weighted by molar-refractivity contribution is 0.0697. The summed E-state index contributed by atoms with van der Waals surface area (Å²) in [7, 11) is 0. The van der Waals surface area contributed by atoms with Gasteiger partial charge in [-0.25, -0.2) is 4.79 Å². The van der Waals surface area contributed by atoms with Gasteiger partial charge in [0.25, 0.3) is 0 Å². The normalized spacial score (nSPS) is 9.78. The molecule has 3 nitrogen and oxygen atoms in total. The van der Waals surface area contributed by atoms with Crippen LogP contribution in [-0.4, -0.2) is 11.1 Å². The molecule has 0 heterocycles. The molecule has 2 rings (SSSR count). The molecule has 2 aromatic carbocycles. The minimum absolute atomic E-state index is 0.214. The smallest absolute Gasteiger partial charge is 0.335 e. The topological polar surface area (TPSA) is 61.1 Å². The second-order valence-electron chi connectivity index (χ2n) is 3.69. The third kappa shape index (κ3) is 2.34. The van der Waals surface area contributed by atoms with Crippen molar-refractivity contribution in [2.24, 2.45) is 0 Å². The van der Waals surface area contributed by atoms with E-state index in [1.807, 2.05) is 6.07 Å². The van der Waals surface area contributed by atoms with E-state index in [-0.39, 0.29) is 5.56 Å².